The largest absolute Gasteiger partial charge is 0.394 e. The van der Waals surface area contributed by atoms with Crippen LogP contribution in [0.4, 0.5) is 5.82 Å². The molecular formula is C13H20N4O3. The first-order valence-electron chi connectivity index (χ1n) is 6.78. The highest BCUT2D eigenvalue weighted by atomic mass is 16.5. The van der Waals surface area contributed by atoms with Crippen molar-refractivity contribution in [3.8, 4) is 0 Å². The molecule has 110 valence electrons. The first kappa shape index (κ1) is 14.7. The average Bonchev–Trinajstić information content (AvgIpc) is 2.53. The monoisotopic (exact) mass is 280 g/mol. The van der Waals surface area contributed by atoms with Crippen LogP contribution in [-0.4, -0.2) is 60.7 Å². The SMILES string of the molecule is CNC(=O)c1ccc(N2CCC(OCCO)CC2)nn1. The summed E-state index contributed by atoms with van der Waals surface area (Å²) in [5.74, 6) is 0.540. The van der Waals surface area contributed by atoms with E-state index in [0.717, 1.165) is 31.7 Å². The van der Waals surface area contributed by atoms with Gasteiger partial charge >= 0.3 is 0 Å². The minimum absolute atomic E-state index is 0.0621. The number of nitrogens with one attached hydrogen (secondary N) is 1. The summed E-state index contributed by atoms with van der Waals surface area (Å²) in [4.78, 5) is 13.5. The Balaban J connectivity index is 1.89. The van der Waals surface area contributed by atoms with Crippen molar-refractivity contribution in [1.29, 1.82) is 0 Å². The molecule has 0 aliphatic carbocycles. The number of hydrogen-bond donors (Lipinski definition) is 2. The first-order valence-corrected chi connectivity index (χ1v) is 6.78. The van der Waals surface area contributed by atoms with Gasteiger partial charge in [0.15, 0.2) is 11.5 Å². The second kappa shape index (κ2) is 7.16. The number of ether oxygens (including phenoxy) is 1. The lowest BCUT2D eigenvalue weighted by atomic mass is 10.1. The molecule has 2 heterocycles. The molecule has 0 saturated carbocycles. The molecule has 1 aromatic rings. The zero-order chi connectivity index (χ0) is 14.4. The molecule has 1 amide bonds. The second-order valence-electron chi connectivity index (χ2n) is 4.64. The standard InChI is InChI=1S/C13H20N4O3/c1-14-13(19)11-2-3-12(16-15-11)17-6-4-10(5-7-17)20-9-8-18/h2-3,10,18H,4-9H2,1H3,(H,14,19). The Hall–Kier alpha value is -1.73. The molecule has 2 N–H and O–H groups in total. The number of aromatic nitrogens is 2. The predicted octanol–water partition coefficient (Wildman–Crippen LogP) is -0.186. The van der Waals surface area contributed by atoms with Gasteiger partial charge in [-0.3, -0.25) is 4.79 Å². The molecule has 0 unspecified atom stereocenters. The topological polar surface area (TPSA) is 87.6 Å². The quantitative estimate of drug-likeness (QED) is 0.777. The van der Waals surface area contributed by atoms with E-state index < -0.39 is 0 Å². The molecular weight excluding hydrogens is 260 g/mol. The van der Waals surface area contributed by atoms with Gasteiger partial charge in [0.05, 0.1) is 19.3 Å². The maximum absolute atomic E-state index is 11.4. The summed E-state index contributed by atoms with van der Waals surface area (Å²) in [5.41, 5.74) is 0.317. The highest BCUT2D eigenvalue weighted by Gasteiger charge is 2.21. The highest BCUT2D eigenvalue weighted by molar-refractivity contribution is 5.91. The van der Waals surface area contributed by atoms with E-state index in [1.54, 1.807) is 13.1 Å². The first-order chi connectivity index (χ1) is 9.74. The van der Waals surface area contributed by atoms with Crippen molar-refractivity contribution in [2.24, 2.45) is 0 Å². The van der Waals surface area contributed by atoms with Gasteiger partial charge in [0.1, 0.15) is 0 Å². The summed E-state index contributed by atoms with van der Waals surface area (Å²) in [5, 5.41) is 19.3. The second-order valence-corrected chi connectivity index (χ2v) is 4.64. The molecule has 0 atom stereocenters. The minimum atomic E-state index is -0.236. The van der Waals surface area contributed by atoms with E-state index in [4.69, 9.17) is 9.84 Å². The molecule has 1 fully saturated rings. The number of nitrogens with zero attached hydrogens (tertiary/aromatic N) is 3. The summed E-state index contributed by atoms with van der Waals surface area (Å²) in [6.45, 7) is 2.13. The van der Waals surface area contributed by atoms with Gasteiger partial charge in [-0.05, 0) is 25.0 Å². The van der Waals surface area contributed by atoms with Crippen molar-refractivity contribution in [2.75, 3.05) is 38.3 Å². The van der Waals surface area contributed by atoms with Crippen LogP contribution in [0.3, 0.4) is 0 Å². The van der Waals surface area contributed by atoms with E-state index in [9.17, 15) is 4.79 Å². The fraction of sp³-hybridized carbons (Fsp3) is 0.615. The van der Waals surface area contributed by atoms with Gasteiger partial charge in [-0.15, -0.1) is 10.2 Å². The number of aliphatic hydroxyl groups is 1. The maximum Gasteiger partial charge on any atom is 0.271 e. The number of rotatable bonds is 5. The lowest BCUT2D eigenvalue weighted by molar-refractivity contribution is 0.0158. The number of piperidine rings is 1. The van der Waals surface area contributed by atoms with Crippen LogP contribution in [0.1, 0.15) is 23.3 Å². The normalized spacial score (nSPS) is 16.2. The van der Waals surface area contributed by atoms with Crippen molar-refractivity contribution in [1.82, 2.24) is 15.5 Å². The van der Waals surface area contributed by atoms with Crippen LogP contribution < -0.4 is 10.2 Å². The van der Waals surface area contributed by atoms with Crippen LogP contribution in [0.5, 0.6) is 0 Å². The van der Waals surface area contributed by atoms with Crippen molar-refractivity contribution in [3.63, 3.8) is 0 Å². The molecule has 0 bridgehead atoms. The fourth-order valence-corrected chi connectivity index (χ4v) is 2.21. The van der Waals surface area contributed by atoms with Crippen molar-refractivity contribution >= 4 is 11.7 Å². The Kier molecular flexibility index (Phi) is 5.25. The summed E-state index contributed by atoms with van der Waals surface area (Å²) in [6, 6.07) is 3.49. The Morgan fingerprint density at radius 1 is 1.45 bits per heavy atom. The third kappa shape index (κ3) is 3.64. The molecule has 7 nitrogen and oxygen atoms in total. The smallest absolute Gasteiger partial charge is 0.271 e. The molecule has 0 radical (unpaired) electrons. The van der Waals surface area contributed by atoms with Crippen molar-refractivity contribution < 1.29 is 14.6 Å². The Bertz CT molecular complexity index is 430. The Morgan fingerprint density at radius 2 is 2.20 bits per heavy atom. The average molecular weight is 280 g/mol. The fourth-order valence-electron chi connectivity index (χ4n) is 2.21. The maximum atomic E-state index is 11.4. The number of carbonyl (C=O) groups is 1. The van der Waals surface area contributed by atoms with Crippen molar-refractivity contribution in [2.45, 2.75) is 18.9 Å². The zero-order valence-electron chi connectivity index (χ0n) is 11.6. The third-order valence-corrected chi connectivity index (χ3v) is 3.32. The van der Waals surface area contributed by atoms with E-state index in [1.165, 1.54) is 0 Å². The van der Waals surface area contributed by atoms with E-state index in [0.29, 0.717) is 12.3 Å². The molecule has 1 aliphatic rings. The van der Waals surface area contributed by atoms with Crippen LogP contribution in [0.25, 0.3) is 0 Å². The number of anilines is 1. The van der Waals surface area contributed by atoms with Crippen LogP contribution in [0, 0.1) is 0 Å². The minimum Gasteiger partial charge on any atom is -0.394 e. The molecule has 1 aromatic heterocycles. The van der Waals surface area contributed by atoms with E-state index in [1.807, 2.05) is 6.07 Å². The molecule has 1 aliphatic heterocycles. The molecule has 7 heteroatoms. The van der Waals surface area contributed by atoms with E-state index >= 15 is 0 Å². The number of hydrogen-bond acceptors (Lipinski definition) is 6. The molecule has 20 heavy (non-hydrogen) atoms. The van der Waals surface area contributed by atoms with Gasteiger partial charge in [0.2, 0.25) is 0 Å². The van der Waals surface area contributed by atoms with Crippen LogP contribution >= 0.6 is 0 Å². The van der Waals surface area contributed by atoms with Crippen LogP contribution in [0.2, 0.25) is 0 Å². The lowest BCUT2D eigenvalue weighted by Gasteiger charge is -2.32. The van der Waals surface area contributed by atoms with Crippen LogP contribution in [-0.2, 0) is 4.74 Å². The summed E-state index contributed by atoms with van der Waals surface area (Å²) < 4.78 is 5.52. The van der Waals surface area contributed by atoms with Gasteiger partial charge < -0.3 is 20.1 Å². The lowest BCUT2D eigenvalue weighted by Crippen LogP contribution is -2.38. The summed E-state index contributed by atoms with van der Waals surface area (Å²) in [6.07, 6.45) is 2.01. The summed E-state index contributed by atoms with van der Waals surface area (Å²) >= 11 is 0. The molecule has 0 aromatic carbocycles. The zero-order valence-corrected chi connectivity index (χ0v) is 11.6. The number of amides is 1. The Morgan fingerprint density at radius 3 is 2.75 bits per heavy atom. The van der Waals surface area contributed by atoms with E-state index in [2.05, 4.69) is 20.4 Å². The molecule has 0 spiro atoms. The van der Waals surface area contributed by atoms with E-state index in [-0.39, 0.29) is 18.6 Å². The molecule has 1 saturated heterocycles. The van der Waals surface area contributed by atoms with Crippen LogP contribution in [0.15, 0.2) is 12.1 Å². The number of carbonyl (C=O) groups excluding carboxylic acids is 1. The van der Waals surface area contributed by atoms with Crippen molar-refractivity contribution in [3.05, 3.63) is 17.8 Å². The predicted molar refractivity (Wildman–Crippen MR) is 73.7 cm³/mol. The summed E-state index contributed by atoms with van der Waals surface area (Å²) in [7, 11) is 1.56. The van der Waals surface area contributed by atoms with Gasteiger partial charge in [-0.25, -0.2) is 0 Å². The van der Waals surface area contributed by atoms with Gasteiger partial charge in [-0.2, -0.15) is 0 Å². The van der Waals surface area contributed by atoms with Gasteiger partial charge in [0.25, 0.3) is 5.91 Å². The third-order valence-electron chi connectivity index (χ3n) is 3.32. The molecule has 2 rings (SSSR count). The van der Waals surface area contributed by atoms with Gasteiger partial charge in [-0.1, -0.05) is 0 Å². The van der Waals surface area contributed by atoms with Gasteiger partial charge in [0, 0.05) is 20.1 Å². The highest BCUT2D eigenvalue weighted by Crippen LogP contribution is 2.19. The number of aliphatic hydroxyl groups excluding tert-OH is 1. The Labute approximate surface area is 117 Å².